The van der Waals surface area contributed by atoms with Crippen LogP contribution in [0.5, 0.6) is 0 Å². The van der Waals surface area contributed by atoms with Gasteiger partial charge in [0.2, 0.25) is 0 Å². The van der Waals surface area contributed by atoms with Gasteiger partial charge in [0.05, 0.1) is 0 Å². The van der Waals surface area contributed by atoms with Gasteiger partial charge in [-0.3, -0.25) is 4.90 Å². The first-order chi connectivity index (χ1) is 9.83. The molecule has 5 heteroatoms. The number of hydrogen-bond acceptors (Lipinski definition) is 3. The second kappa shape index (κ2) is 8.41. The van der Waals surface area contributed by atoms with Crippen molar-refractivity contribution in [2.45, 2.75) is 19.9 Å². The smallest absolute Gasteiger partial charge is 0.126 e. The summed E-state index contributed by atoms with van der Waals surface area (Å²) in [5, 5.41) is 0. The van der Waals surface area contributed by atoms with Gasteiger partial charge in [-0.1, -0.05) is 13.8 Å². The van der Waals surface area contributed by atoms with E-state index in [-0.39, 0.29) is 6.04 Å². The molecule has 0 aliphatic heterocycles. The van der Waals surface area contributed by atoms with Crippen LogP contribution in [-0.4, -0.2) is 50.1 Å². The van der Waals surface area contributed by atoms with Gasteiger partial charge in [0, 0.05) is 38.3 Å². The largest absolute Gasteiger partial charge is 0.329 e. The van der Waals surface area contributed by atoms with E-state index in [4.69, 9.17) is 5.73 Å². The van der Waals surface area contributed by atoms with Gasteiger partial charge in [-0.05, 0) is 37.7 Å². The van der Waals surface area contributed by atoms with Crippen LogP contribution >= 0.6 is 0 Å². The maximum atomic E-state index is 13.5. The van der Waals surface area contributed by atoms with Crippen molar-refractivity contribution < 1.29 is 8.78 Å². The average molecular weight is 299 g/mol. The SMILES string of the molecule is CC(C)CN(CCN(C)C)C(CN)c1cc(F)cc(F)c1. The highest BCUT2D eigenvalue weighted by Crippen LogP contribution is 2.22. The van der Waals surface area contributed by atoms with E-state index in [0.29, 0.717) is 18.0 Å². The van der Waals surface area contributed by atoms with Crippen LogP contribution in [0.3, 0.4) is 0 Å². The summed E-state index contributed by atoms with van der Waals surface area (Å²) in [5.41, 5.74) is 6.49. The Kier molecular flexibility index (Phi) is 7.22. The number of rotatable bonds is 8. The number of nitrogens with two attached hydrogens (primary N) is 1. The van der Waals surface area contributed by atoms with E-state index in [0.717, 1.165) is 25.7 Å². The fourth-order valence-electron chi connectivity index (χ4n) is 2.44. The Morgan fingerprint density at radius 2 is 1.62 bits per heavy atom. The van der Waals surface area contributed by atoms with Crippen LogP contribution in [0, 0.1) is 17.6 Å². The van der Waals surface area contributed by atoms with Gasteiger partial charge in [0.1, 0.15) is 11.6 Å². The molecule has 1 rings (SSSR count). The van der Waals surface area contributed by atoms with Gasteiger partial charge >= 0.3 is 0 Å². The molecular weight excluding hydrogens is 272 g/mol. The van der Waals surface area contributed by atoms with Gasteiger partial charge in [-0.15, -0.1) is 0 Å². The molecule has 0 saturated heterocycles. The highest BCUT2D eigenvalue weighted by molar-refractivity contribution is 5.22. The van der Waals surface area contributed by atoms with Crippen molar-refractivity contribution in [3.05, 3.63) is 35.4 Å². The molecule has 1 aromatic rings. The Hall–Kier alpha value is -1.04. The summed E-state index contributed by atoms with van der Waals surface area (Å²) in [5.74, 6) is -0.652. The molecule has 1 unspecified atom stereocenters. The first kappa shape index (κ1) is 18.0. The Bertz CT molecular complexity index is 415. The molecule has 1 aromatic carbocycles. The lowest BCUT2D eigenvalue weighted by Gasteiger charge is -2.33. The molecule has 0 spiro atoms. The van der Waals surface area contributed by atoms with E-state index in [1.807, 2.05) is 14.1 Å². The lowest BCUT2D eigenvalue weighted by Crippen LogP contribution is -2.40. The van der Waals surface area contributed by atoms with Crippen LogP contribution in [0.25, 0.3) is 0 Å². The standard InChI is InChI=1S/C16H27F2N3/c1-12(2)11-21(6-5-20(3)4)16(10-19)13-7-14(17)9-15(18)8-13/h7-9,12,16H,5-6,10-11,19H2,1-4H3. The van der Waals surface area contributed by atoms with Crippen LogP contribution in [0.1, 0.15) is 25.5 Å². The minimum Gasteiger partial charge on any atom is -0.329 e. The number of halogens is 2. The molecule has 0 saturated carbocycles. The molecule has 0 aliphatic carbocycles. The molecule has 0 amide bonds. The molecule has 21 heavy (non-hydrogen) atoms. The molecule has 0 aliphatic rings. The molecule has 0 radical (unpaired) electrons. The lowest BCUT2D eigenvalue weighted by atomic mass is 10.0. The molecule has 120 valence electrons. The number of likely N-dealkylation sites (N-methyl/N-ethyl adjacent to an activating group) is 1. The molecule has 0 aromatic heterocycles. The summed E-state index contributed by atoms with van der Waals surface area (Å²) < 4.78 is 26.9. The molecule has 1 atom stereocenters. The normalized spacial score (nSPS) is 13.4. The monoisotopic (exact) mass is 299 g/mol. The topological polar surface area (TPSA) is 32.5 Å². The third-order valence-corrected chi connectivity index (χ3v) is 3.37. The van der Waals surface area contributed by atoms with E-state index in [1.54, 1.807) is 0 Å². The van der Waals surface area contributed by atoms with Crippen molar-refractivity contribution in [2.24, 2.45) is 11.7 Å². The highest BCUT2D eigenvalue weighted by atomic mass is 19.1. The van der Waals surface area contributed by atoms with Crippen molar-refractivity contribution in [2.75, 3.05) is 40.3 Å². The van der Waals surface area contributed by atoms with E-state index >= 15 is 0 Å². The Balaban J connectivity index is 2.98. The number of nitrogens with zero attached hydrogens (tertiary/aromatic N) is 2. The molecule has 3 nitrogen and oxygen atoms in total. The van der Waals surface area contributed by atoms with E-state index in [9.17, 15) is 8.78 Å². The fraction of sp³-hybridized carbons (Fsp3) is 0.625. The molecule has 0 heterocycles. The first-order valence-corrected chi connectivity index (χ1v) is 7.38. The molecule has 0 fully saturated rings. The van der Waals surface area contributed by atoms with E-state index in [2.05, 4.69) is 23.6 Å². The van der Waals surface area contributed by atoms with Crippen molar-refractivity contribution in [3.63, 3.8) is 0 Å². The van der Waals surface area contributed by atoms with Crippen molar-refractivity contribution >= 4 is 0 Å². The van der Waals surface area contributed by atoms with Gasteiger partial charge < -0.3 is 10.6 Å². The van der Waals surface area contributed by atoms with Crippen LogP contribution in [-0.2, 0) is 0 Å². The van der Waals surface area contributed by atoms with E-state index in [1.165, 1.54) is 12.1 Å². The van der Waals surface area contributed by atoms with Crippen LogP contribution in [0.4, 0.5) is 8.78 Å². The summed E-state index contributed by atoms with van der Waals surface area (Å²) in [6.45, 7) is 7.12. The van der Waals surface area contributed by atoms with Crippen molar-refractivity contribution in [1.82, 2.24) is 9.80 Å². The van der Waals surface area contributed by atoms with Crippen LogP contribution in [0.15, 0.2) is 18.2 Å². The Morgan fingerprint density at radius 3 is 2.05 bits per heavy atom. The molecule has 2 N–H and O–H groups in total. The van der Waals surface area contributed by atoms with Gasteiger partial charge in [-0.25, -0.2) is 8.78 Å². The molecular formula is C16H27F2N3. The van der Waals surface area contributed by atoms with Gasteiger partial charge in [-0.2, -0.15) is 0 Å². The second-order valence-electron chi connectivity index (χ2n) is 6.15. The zero-order valence-electron chi connectivity index (χ0n) is 13.4. The van der Waals surface area contributed by atoms with Crippen LogP contribution in [0.2, 0.25) is 0 Å². The summed E-state index contributed by atoms with van der Waals surface area (Å²) in [7, 11) is 4.01. The first-order valence-electron chi connectivity index (χ1n) is 7.38. The number of benzene rings is 1. The second-order valence-corrected chi connectivity index (χ2v) is 6.15. The van der Waals surface area contributed by atoms with Crippen LogP contribution < -0.4 is 5.73 Å². The van der Waals surface area contributed by atoms with Crippen molar-refractivity contribution in [1.29, 1.82) is 0 Å². The fourth-order valence-corrected chi connectivity index (χ4v) is 2.44. The summed E-state index contributed by atoms with van der Waals surface area (Å²) in [6, 6.07) is 3.48. The summed E-state index contributed by atoms with van der Waals surface area (Å²) in [6.07, 6.45) is 0. The summed E-state index contributed by atoms with van der Waals surface area (Å²) in [4.78, 5) is 4.30. The van der Waals surface area contributed by atoms with Gasteiger partial charge in [0.15, 0.2) is 0 Å². The summed E-state index contributed by atoms with van der Waals surface area (Å²) >= 11 is 0. The van der Waals surface area contributed by atoms with Gasteiger partial charge in [0.25, 0.3) is 0 Å². The third-order valence-electron chi connectivity index (χ3n) is 3.37. The Labute approximate surface area is 126 Å². The molecule has 0 bridgehead atoms. The Morgan fingerprint density at radius 1 is 1.05 bits per heavy atom. The highest BCUT2D eigenvalue weighted by Gasteiger charge is 2.21. The van der Waals surface area contributed by atoms with Crippen molar-refractivity contribution in [3.8, 4) is 0 Å². The zero-order valence-corrected chi connectivity index (χ0v) is 13.4. The predicted molar refractivity (Wildman–Crippen MR) is 83.1 cm³/mol. The lowest BCUT2D eigenvalue weighted by molar-refractivity contribution is 0.163. The quantitative estimate of drug-likeness (QED) is 0.800. The minimum atomic E-state index is -0.555. The predicted octanol–water partition coefficient (Wildman–Crippen LogP) is 2.48. The maximum Gasteiger partial charge on any atom is 0.126 e. The average Bonchev–Trinajstić information content (AvgIpc) is 2.34. The number of hydrogen-bond donors (Lipinski definition) is 1. The minimum absolute atomic E-state index is 0.169. The third kappa shape index (κ3) is 6.08. The van der Waals surface area contributed by atoms with E-state index < -0.39 is 11.6 Å². The maximum absolute atomic E-state index is 13.5. The zero-order chi connectivity index (χ0) is 16.0.